The molecule has 39 heavy (non-hydrogen) atoms. The van der Waals surface area contributed by atoms with E-state index in [0.29, 0.717) is 0 Å². The van der Waals surface area contributed by atoms with Crippen molar-refractivity contribution in [2.75, 3.05) is 0 Å². The molecule has 2 aliphatic heterocycles. The van der Waals surface area contributed by atoms with E-state index >= 15 is 0 Å². The number of rotatable bonds is 2. The summed E-state index contributed by atoms with van der Waals surface area (Å²) in [4.78, 5) is 10.2. The maximum atomic E-state index is 5.09. The second-order valence-electron chi connectivity index (χ2n) is 10.6. The van der Waals surface area contributed by atoms with Crippen molar-refractivity contribution in [1.29, 1.82) is 0 Å². The van der Waals surface area contributed by atoms with Gasteiger partial charge in [-0.15, -0.1) is 24.8 Å². The molecule has 4 aromatic carbocycles. The van der Waals surface area contributed by atoms with Gasteiger partial charge in [-0.3, -0.25) is 0 Å². The molecule has 0 atom stereocenters. The van der Waals surface area contributed by atoms with E-state index in [1.165, 1.54) is 78.2 Å². The number of benzene rings is 4. The van der Waals surface area contributed by atoms with Crippen molar-refractivity contribution in [3.05, 3.63) is 117 Å². The minimum Gasteiger partial charge on any atom is -0.147 e. The van der Waals surface area contributed by atoms with Gasteiger partial charge in [-0.25, -0.2) is 0 Å². The molecule has 0 unspecified atom stereocenters. The Kier molecular flexibility index (Phi) is 6.34. The van der Waals surface area contributed by atoms with Crippen molar-refractivity contribution in [3.8, 4) is 0 Å². The average Bonchev–Trinajstić information content (AvgIpc) is 3.59. The molecule has 2 nitrogen and oxygen atoms in total. The average molecular weight is 625 g/mol. The summed E-state index contributed by atoms with van der Waals surface area (Å²) >= 11 is -1.14. The predicted molar refractivity (Wildman–Crippen MR) is 166 cm³/mol. The van der Waals surface area contributed by atoms with Gasteiger partial charge in [0.05, 0.1) is 0 Å². The molecular formula is C34H26Cl2N2Zr. The molecular weight excluding hydrogens is 599 g/mol. The van der Waals surface area contributed by atoms with Crippen LogP contribution in [0.1, 0.15) is 58.4 Å². The number of allylic oxidation sites excluding steroid dienone is 4. The fourth-order valence-electron chi connectivity index (χ4n) is 6.67. The van der Waals surface area contributed by atoms with Crippen LogP contribution in [0.5, 0.6) is 0 Å². The minimum atomic E-state index is -1.14. The Morgan fingerprint density at radius 2 is 0.923 bits per heavy atom. The van der Waals surface area contributed by atoms with E-state index in [4.69, 9.17) is 9.98 Å². The first kappa shape index (κ1) is 26.4. The molecule has 0 aromatic heterocycles. The molecule has 4 aliphatic rings. The molecule has 0 bridgehead atoms. The first-order chi connectivity index (χ1) is 18.0. The molecule has 190 valence electrons. The Balaban J connectivity index is 0.00000138. The third-order valence-corrected chi connectivity index (χ3v) is 11.4. The second-order valence-corrected chi connectivity index (χ2v) is 13.8. The quantitative estimate of drug-likeness (QED) is 0.216. The van der Waals surface area contributed by atoms with Crippen LogP contribution in [0.3, 0.4) is 0 Å². The van der Waals surface area contributed by atoms with E-state index < -0.39 is 23.2 Å². The Morgan fingerprint density at radius 1 is 0.513 bits per heavy atom. The van der Waals surface area contributed by atoms with Gasteiger partial charge in [0.15, 0.2) is 0 Å². The largest absolute Gasteiger partial charge is 0.147 e. The van der Waals surface area contributed by atoms with Gasteiger partial charge in [-0.05, 0) is 0 Å². The summed E-state index contributed by atoms with van der Waals surface area (Å²) in [6.07, 6.45) is 0. The van der Waals surface area contributed by atoms with Crippen LogP contribution < -0.4 is 6.54 Å². The second kappa shape index (κ2) is 9.37. The van der Waals surface area contributed by atoms with E-state index in [2.05, 4.69) is 100 Å². The molecule has 4 aromatic rings. The normalized spacial score (nSPS) is 14.9. The van der Waals surface area contributed by atoms with E-state index in [1.54, 1.807) is 6.54 Å². The number of hydrogen-bond acceptors (Lipinski definition) is 2. The third kappa shape index (κ3) is 3.63. The number of hydrogen-bond donors (Lipinski definition) is 0. The van der Waals surface area contributed by atoms with Gasteiger partial charge >= 0.3 is 230 Å². The molecule has 0 radical (unpaired) electrons. The van der Waals surface area contributed by atoms with Crippen molar-refractivity contribution in [1.82, 2.24) is 0 Å². The van der Waals surface area contributed by atoms with Gasteiger partial charge in [-0.1, -0.05) is 0 Å². The molecule has 0 spiro atoms. The van der Waals surface area contributed by atoms with Gasteiger partial charge in [0, 0.05) is 0 Å². The molecule has 0 fully saturated rings. The van der Waals surface area contributed by atoms with E-state index in [0.717, 1.165) is 11.4 Å². The molecule has 5 heteroatoms. The van der Waals surface area contributed by atoms with Crippen molar-refractivity contribution >= 4 is 76.4 Å². The molecule has 2 heterocycles. The maximum Gasteiger partial charge on any atom is -0.147 e. The van der Waals surface area contributed by atoms with Gasteiger partial charge in [0.25, 0.3) is 0 Å². The monoisotopic (exact) mass is 622 g/mol. The fraction of sp³-hybridized carbons (Fsp3) is 0.118. The Hall–Kier alpha value is -2.84. The van der Waals surface area contributed by atoms with E-state index in [9.17, 15) is 0 Å². The Morgan fingerprint density at radius 3 is 1.36 bits per heavy atom. The standard InChI is InChI=1S/2C17H12N.2ClH.Zr/c2*1-10-7-8-12-11(2)16-13-5-3-4-6-15(13)18-17(16)14(12)9-10;;;/h2*3-7,9H,1-2H3;2*1H;. The van der Waals surface area contributed by atoms with Crippen LogP contribution in [-0.4, -0.2) is 11.4 Å². The molecule has 0 saturated carbocycles. The summed E-state index contributed by atoms with van der Waals surface area (Å²) in [5.74, 6) is 0. The van der Waals surface area contributed by atoms with Crippen LogP contribution in [0.15, 0.2) is 82.8 Å². The minimum absolute atomic E-state index is 0. The van der Waals surface area contributed by atoms with Crippen molar-refractivity contribution in [2.24, 2.45) is 9.98 Å². The van der Waals surface area contributed by atoms with Gasteiger partial charge in [0.2, 0.25) is 0 Å². The van der Waals surface area contributed by atoms with Crippen LogP contribution in [-0.2, 0) is 23.2 Å². The smallest absolute Gasteiger partial charge is 0.147 e. The molecule has 0 amide bonds. The van der Waals surface area contributed by atoms with E-state index in [1.807, 2.05) is 0 Å². The number of aliphatic imine (C=N–C) groups is 2. The number of nitrogens with zero attached hydrogens (tertiary/aromatic N) is 2. The summed E-state index contributed by atoms with van der Waals surface area (Å²) in [6, 6.07) is 26.8. The molecule has 8 rings (SSSR count). The zero-order valence-electron chi connectivity index (χ0n) is 22.1. The first-order valence-electron chi connectivity index (χ1n) is 12.9. The summed E-state index contributed by atoms with van der Waals surface area (Å²) in [5.41, 5.74) is 20.8. The van der Waals surface area contributed by atoms with Gasteiger partial charge in [-0.2, -0.15) is 0 Å². The summed E-state index contributed by atoms with van der Waals surface area (Å²) < 4.78 is 3.12. The summed E-state index contributed by atoms with van der Waals surface area (Å²) in [5, 5.41) is 0. The van der Waals surface area contributed by atoms with Gasteiger partial charge < -0.3 is 0 Å². The zero-order valence-corrected chi connectivity index (χ0v) is 26.2. The predicted octanol–water partition coefficient (Wildman–Crippen LogP) is 7.94. The van der Waals surface area contributed by atoms with Crippen LogP contribution in [0, 0.1) is 13.8 Å². The van der Waals surface area contributed by atoms with Crippen LogP contribution in [0.4, 0.5) is 11.4 Å². The number of halogens is 2. The number of aryl methyl sites for hydroxylation is 2. The first-order valence-corrected chi connectivity index (χ1v) is 15.3. The Bertz CT molecular complexity index is 1750. The third-order valence-electron chi connectivity index (χ3n) is 8.13. The molecule has 0 saturated heterocycles. The van der Waals surface area contributed by atoms with Crippen molar-refractivity contribution < 1.29 is 23.2 Å². The maximum absolute atomic E-state index is 5.09. The van der Waals surface area contributed by atoms with Crippen LogP contribution in [0.2, 0.25) is 0 Å². The van der Waals surface area contributed by atoms with Crippen molar-refractivity contribution in [3.63, 3.8) is 0 Å². The van der Waals surface area contributed by atoms with Crippen molar-refractivity contribution in [2.45, 2.75) is 27.7 Å². The number of fused-ring (bicyclic) bond motifs is 10. The zero-order chi connectivity index (χ0) is 25.0. The molecule has 0 N–H and O–H groups in total. The topological polar surface area (TPSA) is 24.7 Å². The SMILES string of the molecule is CC1=C2C(=Nc3ccccc32)c2cc(C)c[c]([Zr][c]3cc(C)cc4c3C(C)=C3C4=Nc4ccccc43)c21.Cl.Cl. The number of para-hydroxylation sites is 2. The summed E-state index contributed by atoms with van der Waals surface area (Å²) in [6.45, 7) is 9.09. The van der Waals surface area contributed by atoms with Crippen LogP contribution in [0.25, 0.3) is 22.3 Å². The Labute approximate surface area is 253 Å². The van der Waals surface area contributed by atoms with Crippen LogP contribution >= 0.6 is 24.8 Å². The van der Waals surface area contributed by atoms with Gasteiger partial charge in [0.1, 0.15) is 0 Å². The molecule has 2 aliphatic carbocycles. The van der Waals surface area contributed by atoms with E-state index in [-0.39, 0.29) is 24.8 Å². The fourth-order valence-corrected chi connectivity index (χ4v) is 11.1. The summed E-state index contributed by atoms with van der Waals surface area (Å²) in [7, 11) is 0.